The molecule has 148 valence electrons. The van der Waals surface area contributed by atoms with Gasteiger partial charge in [-0.2, -0.15) is 0 Å². The fourth-order valence-electron chi connectivity index (χ4n) is 3.99. The van der Waals surface area contributed by atoms with E-state index >= 15 is 0 Å². The topological polar surface area (TPSA) is 21.7 Å². The number of para-hydroxylation sites is 1. The number of fused-ring (bicyclic) bond motifs is 4. The van der Waals surface area contributed by atoms with E-state index in [-0.39, 0.29) is 0 Å². The SMILES string of the molecule is [CH3][Sn]([CH3])([CH3])[c]1ccc2c(c1)Oc1cccc3c1N2c1cc[c]([Sn]([CH3])([CH3])[CH3])cc1O3. The van der Waals surface area contributed by atoms with Crippen LogP contribution in [0.5, 0.6) is 23.0 Å². The molecule has 0 atom stereocenters. The van der Waals surface area contributed by atoms with Crippen molar-refractivity contribution in [1.82, 2.24) is 0 Å². The summed E-state index contributed by atoms with van der Waals surface area (Å²) in [4.78, 5) is 17.0. The van der Waals surface area contributed by atoms with E-state index in [1.807, 2.05) is 18.2 Å². The molecule has 0 aliphatic carbocycles. The van der Waals surface area contributed by atoms with E-state index in [2.05, 4.69) is 70.9 Å². The molecule has 5 heteroatoms. The van der Waals surface area contributed by atoms with Crippen molar-refractivity contribution in [1.29, 1.82) is 0 Å². The molecule has 0 N–H and O–H groups in total. The maximum absolute atomic E-state index is 6.38. The average molecular weight is 599 g/mol. The van der Waals surface area contributed by atoms with Crippen LogP contribution in [0.4, 0.5) is 17.1 Å². The van der Waals surface area contributed by atoms with Gasteiger partial charge in [0.1, 0.15) is 0 Å². The van der Waals surface area contributed by atoms with Gasteiger partial charge in [0, 0.05) is 0 Å². The van der Waals surface area contributed by atoms with Gasteiger partial charge in [-0.15, -0.1) is 0 Å². The van der Waals surface area contributed by atoms with Gasteiger partial charge in [0.25, 0.3) is 0 Å². The second-order valence-corrected chi connectivity index (χ2v) is 39.0. The Morgan fingerprint density at radius 1 is 0.586 bits per heavy atom. The summed E-state index contributed by atoms with van der Waals surface area (Å²) in [7, 11) is 0. The third-order valence-electron chi connectivity index (χ3n) is 5.76. The van der Waals surface area contributed by atoms with Gasteiger partial charge in [0.2, 0.25) is 0 Å². The molecule has 2 heterocycles. The van der Waals surface area contributed by atoms with Gasteiger partial charge in [0.15, 0.2) is 0 Å². The summed E-state index contributed by atoms with van der Waals surface area (Å²) in [5.41, 5.74) is 3.20. The molecule has 2 aliphatic heterocycles. The Hall–Kier alpha value is -1.34. The van der Waals surface area contributed by atoms with Gasteiger partial charge in [-0.25, -0.2) is 0 Å². The van der Waals surface area contributed by atoms with Crippen LogP contribution in [0.2, 0.25) is 29.6 Å². The van der Waals surface area contributed by atoms with Crippen molar-refractivity contribution in [3.05, 3.63) is 54.6 Å². The summed E-state index contributed by atoms with van der Waals surface area (Å²) in [6.07, 6.45) is 0. The first kappa shape index (κ1) is 19.6. The van der Waals surface area contributed by atoms with Crippen LogP contribution in [0.15, 0.2) is 54.6 Å². The summed E-state index contributed by atoms with van der Waals surface area (Å²) in [6, 6.07) is 19.7. The number of benzene rings is 3. The fraction of sp³-hybridized carbons (Fsp3) is 0.250. The summed E-state index contributed by atoms with van der Waals surface area (Å²) >= 11 is -4.39. The van der Waals surface area contributed by atoms with E-state index in [1.165, 1.54) is 7.16 Å². The normalized spacial score (nSPS) is 14.3. The van der Waals surface area contributed by atoms with Gasteiger partial charge in [-0.05, 0) is 0 Å². The van der Waals surface area contributed by atoms with Crippen LogP contribution in [-0.2, 0) is 0 Å². The molecule has 0 unspecified atom stereocenters. The van der Waals surface area contributed by atoms with Gasteiger partial charge in [-0.1, -0.05) is 0 Å². The first-order valence-corrected chi connectivity index (χ1v) is 30.2. The Balaban J connectivity index is 1.73. The Morgan fingerprint density at radius 2 is 1.03 bits per heavy atom. The van der Waals surface area contributed by atoms with Crippen molar-refractivity contribution in [3.8, 4) is 23.0 Å². The zero-order valence-corrected chi connectivity index (χ0v) is 23.7. The van der Waals surface area contributed by atoms with Crippen LogP contribution in [0.3, 0.4) is 0 Å². The van der Waals surface area contributed by atoms with Crippen LogP contribution in [0.25, 0.3) is 0 Å². The van der Waals surface area contributed by atoms with E-state index in [4.69, 9.17) is 9.47 Å². The van der Waals surface area contributed by atoms with Crippen molar-refractivity contribution in [2.75, 3.05) is 4.90 Å². The first-order valence-electron chi connectivity index (χ1n) is 10.2. The number of hydrogen-bond acceptors (Lipinski definition) is 3. The van der Waals surface area contributed by atoms with E-state index in [1.54, 1.807) is 0 Å². The minimum atomic E-state index is -2.20. The summed E-state index contributed by atoms with van der Waals surface area (Å²) in [5, 5.41) is 0. The third kappa shape index (κ3) is 3.25. The van der Waals surface area contributed by atoms with Crippen molar-refractivity contribution >= 4 is 61.0 Å². The molecular formula is C24H27NO2Sn2. The molecule has 0 bridgehead atoms. The first-order chi connectivity index (χ1) is 13.6. The van der Waals surface area contributed by atoms with Gasteiger partial charge in [-0.3, -0.25) is 0 Å². The molecule has 2 aliphatic rings. The molecule has 0 saturated heterocycles. The third-order valence-corrected chi connectivity index (χ3v) is 17.4. The molecule has 3 nitrogen and oxygen atoms in total. The minimum absolute atomic E-state index is 0.862. The Labute approximate surface area is 181 Å². The van der Waals surface area contributed by atoms with Crippen LogP contribution in [0.1, 0.15) is 0 Å². The standard InChI is InChI=1S/C18H9NO2.6CH3.2Sn/c1-3-8-14-12(6-1)19-13-7-2-4-9-15(13)21-17-11-5-10-16(20-14)18(17)19;;;;;;;;/h1-2,5-11H;6*1H3;;. The van der Waals surface area contributed by atoms with Crippen LogP contribution in [0, 0.1) is 0 Å². The number of rotatable bonds is 2. The quantitative estimate of drug-likeness (QED) is 0.218. The van der Waals surface area contributed by atoms with E-state index in [9.17, 15) is 0 Å². The van der Waals surface area contributed by atoms with Gasteiger partial charge < -0.3 is 0 Å². The molecule has 29 heavy (non-hydrogen) atoms. The van der Waals surface area contributed by atoms with Crippen LogP contribution in [-0.4, -0.2) is 36.8 Å². The van der Waals surface area contributed by atoms with Crippen LogP contribution >= 0.6 is 0 Å². The van der Waals surface area contributed by atoms with Gasteiger partial charge >= 0.3 is 183 Å². The van der Waals surface area contributed by atoms with E-state index < -0.39 is 36.8 Å². The second-order valence-electron chi connectivity index (χ2n) is 10.0. The summed E-state index contributed by atoms with van der Waals surface area (Å²) in [5.74, 6) is 3.62. The van der Waals surface area contributed by atoms with Crippen molar-refractivity contribution < 1.29 is 9.47 Å². The Morgan fingerprint density at radius 3 is 1.45 bits per heavy atom. The summed E-state index contributed by atoms with van der Waals surface area (Å²) < 4.78 is 15.7. The number of anilines is 3. The van der Waals surface area contributed by atoms with Crippen molar-refractivity contribution in [2.45, 2.75) is 29.6 Å². The molecule has 0 fully saturated rings. The molecule has 5 rings (SSSR count). The zero-order valence-electron chi connectivity index (χ0n) is 18.0. The van der Waals surface area contributed by atoms with Crippen molar-refractivity contribution in [2.24, 2.45) is 0 Å². The molecule has 3 aromatic rings. The summed E-state index contributed by atoms with van der Waals surface area (Å²) in [6.45, 7) is 0. The number of hydrogen-bond donors (Lipinski definition) is 0. The van der Waals surface area contributed by atoms with Crippen LogP contribution < -0.4 is 21.5 Å². The van der Waals surface area contributed by atoms with Crippen molar-refractivity contribution in [3.63, 3.8) is 0 Å². The molecule has 0 amide bonds. The van der Waals surface area contributed by atoms with Gasteiger partial charge in [0.05, 0.1) is 0 Å². The molecule has 0 saturated carbocycles. The second kappa shape index (κ2) is 6.58. The predicted octanol–water partition coefficient (Wildman–Crippen LogP) is 6.46. The molecule has 3 aromatic carbocycles. The van der Waals surface area contributed by atoms with E-state index in [0.29, 0.717) is 0 Å². The average Bonchev–Trinajstić information content (AvgIpc) is 2.65. The zero-order chi connectivity index (χ0) is 20.6. The monoisotopic (exact) mass is 601 g/mol. The fourth-order valence-corrected chi connectivity index (χ4v) is 10.5. The molecular weight excluding hydrogens is 572 g/mol. The maximum atomic E-state index is 6.38. The molecule has 0 aromatic heterocycles. The molecule has 0 spiro atoms. The Kier molecular flexibility index (Phi) is 4.45. The Bertz CT molecular complexity index is 1060. The van der Waals surface area contributed by atoms with E-state index in [0.717, 1.165) is 40.1 Å². The molecule has 0 radical (unpaired) electrons. The number of ether oxygens (including phenoxy) is 2. The predicted molar refractivity (Wildman–Crippen MR) is 127 cm³/mol. The number of nitrogens with zero attached hydrogens (tertiary/aromatic N) is 1.